The lowest BCUT2D eigenvalue weighted by molar-refractivity contribution is -0.122. The second-order valence-corrected chi connectivity index (χ2v) is 11.7. The maximum atomic E-state index is 13.6. The molecular formula is C37H43NO8. The fourth-order valence-corrected chi connectivity index (χ4v) is 5.77. The molecule has 0 aliphatic carbocycles. The van der Waals surface area contributed by atoms with Crippen LogP contribution in [0, 0.1) is 0 Å². The standard InChI is InChI=1S/C37H43NO8/c1-24-10-9-15-29(40)14-8-4-7-13-27-21-32(41)35(36(43)34(27)37(44)46-24)31(26-16-18-30(45-2)19-17-26)22-33(42)38-28(23-39)20-25-11-5-3-6-12-25/h3,5-7,11-13,16-19,21,24,28,31,39,41,43H,4,8-10,14-15,20,22-23H2,1-2H3,(H,38,42)/t24-,28+,31?/m0/s1. The number of allylic oxidation sites excluding steroid dienone is 1. The average molecular weight is 630 g/mol. The molecule has 0 spiro atoms. The van der Waals surface area contributed by atoms with Gasteiger partial charge in [0.2, 0.25) is 5.91 Å². The van der Waals surface area contributed by atoms with Gasteiger partial charge in [0.05, 0.1) is 25.9 Å². The molecule has 0 saturated carbocycles. The van der Waals surface area contributed by atoms with Gasteiger partial charge in [0, 0.05) is 30.7 Å². The topological polar surface area (TPSA) is 142 Å². The summed E-state index contributed by atoms with van der Waals surface area (Å²) in [5, 5.41) is 36.0. The van der Waals surface area contributed by atoms with Crippen LogP contribution in [0.2, 0.25) is 0 Å². The van der Waals surface area contributed by atoms with Crippen LogP contribution in [0.25, 0.3) is 6.08 Å². The van der Waals surface area contributed by atoms with Crippen molar-refractivity contribution >= 4 is 23.7 Å². The van der Waals surface area contributed by atoms with Gasteiger partial charge in [-0.2, -0.15) is 0 Å². The molecule has 1 heterocycles. The van der Waals surface area contributed by atoms with Crippen LogP contribution in [0.1, 0.15) is 90.4 Å². The highest BCUT2D eigenvalue weighted by Gasteiger charge is 2.31. The number of nitrogens with one attached hydrogen (secondary N) is 1. The molecule has 3 atom stereocenters. The smallest absolute Gasteiger partial charge is 0.342 e. The molecule has 0 bridgehead atoms. The summed E-state index contributed by atoms with van der Waals surface area (Å²) in [6, 6.07) is 17.2. The summed E-state index contributed by atoms with van der Waals surface area (Å²) in [7, 11) is 1.53. The van der Waals surface area contributed by atoms with Gasteiger partial charge in [0.1, 0.15) is 28.6 Å². The first-order valence-corrected chi connectivity index (χ1v) is 15.8. The van der Waals surface area contributed by atoms with E-state index >= 15 is 0 Å². The highest BCUT2D eigenvalue weighted by molar-refractivity contribution is 5.98. The lowest BCUT2D eigenvalue weighted by Crippen LogP contribution is -2.39. The number of phenols is 2. The van der Waals surface area contributed by atoms with Gasteiger partial charge < -0.3 is 30.1 Å². The van der Waals surface area contributed by atoms with Crippen molar-refractivity contribution in [3.8, 4) is 17.2 Å². The van der Waals surface area contributed by atoms with E-state index in [1.165, 1.54) is 13.2 Å². The number of ether oxygens (including phenoxy) is 2. The Morgan fingerprint density at radius 1 is 1.04 bits per heavy atom. The number of amides is 1. The zero-order chi connectivity index (χ0) is 33.1. The number of aromatic hydroxyl groups is 2. The summed E-state index contributed by atoms with van der Waals surface area (Å²) in [6.45, 7) is 1.45. The Bertz CT molecular complexity index is 1520. The van der Waals surface area contributed by atoms with Crippen molar-refractivity contribution in [3.63, 3.8) is 0 Å². The molecule has 4 rings (SSSR count). The number of hydrogen-bond donors (Lipinski definition) is 4. The molecule has 1 aliphatic rings. The number of ketones is 1. The van der Waals surface area contributed by atoms with E-state index in [2.05, 4.69) is 5.32 Å². The monoisotopic (exact) mass is 629 g/mol. The largest absolute Gasteiger partial charge is 0.507 e. The van der Waals surface area contributed by atoms with E-state index in [0.717, 1.165) is 5.56 Å². The molecule has 46 heavy (non-hydrogen) atoms. The Labute approximate surface area is 269 Å². The first kappa shape index (κ1) is 34.2. The van der Waals surface area contributed by atoms with Crippen LogP contribution in [0.5, 0.6) is 17.2 Å². The molecule has 4 N–H and O–H groups in total. The normalized spacial score (nSPS) is 17.2. The molecule has 1 unspecified atom stereocenters. The number of benzene rings is 3. The van der Waals surface area contributed by atoms with Gasteiger partial charge in [-0.05, 0) is 73.9 Å². The third-order valence-corrected chi connectivity index (χ3v) is 8.22. The third kappa shape index (κ3) is 9.20. The molecule has 9 nitrogen and oxygen atoms in total. The van der Waals surface area contributed by atoms with Crippen LogP contribution in [-0.2, 0) is 20.7 Å². The highest BCUT2D eigenvalue weighted by Crippen LogP contribution is 2.44. The summed E-state index contributed by atoms with van der Waals surface area (Å²) in [5.74, 6) is -2.08. The van der Waals surface area contributed by atoms with Crippen molar-refractivity contribution in [3.05, 3.63) is 94.6 Å². The summed E-state index contributed by atoms with van der Waals surface area (Å²) < 4.78 is 11.0. The number of hydrogen-bond acceptors (Lipinski definition) is 8. The fourth-order valence-electron chi connectivity index (χ4n) is 5.77. The minimum Gasteiger partial charge on any atom is -0.507 e. The van der Waals surface area contributed by atoms with Gasteiger partial charge in [-0.1, -0.05) is 54.6 Å². The number of aliphatic hydroxyl groups is 1. The second-order valence-electron chi connectivity index (χ2n) is 11.7. The molecular weight excluding hydrogens is 586 g/mol. The summed E-state index contributed by atoms with van der Waals surface area (Å²) >= 11 is 0. The van der Waals surface area contributed by atoms with Crippen molar-refractivity contribution in [2.45, 2.75) is 76.4 Å². The van der Waals surface area contributed by atoms with Gasteiger partial charge in [0.15, 0.2) is 0 Å². The number of cyclic esters (lactones) is 1. The molecule has 0 radical (unpaired) electrons. The number of carbonyl (C=O) groups is 3. The van der Waals surface area contributed by atoms with Gasteiger partial charge in [0.25, 0.3) is 0 Å². The number of Topliss-reactive ketones (excluding diaryl/α,β-unsaturated/α-hetero) is 1. The number of phenolic OH excluding ortho intramolecular Hbond substituents is 2. The van der Waals surface area contributed by atoms with E-state index in [1.54, 1.807) is 43.3 Å². The van der Waals surface area contributed by atoms with Crippen LogP contribution >= 0.6 is 0 Å². The van der Waals surface area contributed by atoms with Crippen molar-refractivity contribution in [1.82, 2.24) is 5.32 Å². The van der Waals surface area contributed by atoms with Gasteiger partial charge in [-0.15, -0.1) is 0 Å². The Morgan fingerprint density at radius 2 is 1.76 bits per heavy atom. The fraction of sp³-hybridized carbons (Fsp3) is 0.378. The molecule has 0 fully saturated rings. The number of fused-ring (bicyclic) bond motifs is 1. The molecule has 3 aromatic carbocycles. The molecule has 244 valence electrons. The van der Waals surface area contributed by atoms with E-state index in [0.29, 0.717) is 56.3 Å². The predicted octanol–water partition coefficient (Wildman–Crippen LogP) is 5.83. The third-order valence-electron chi connectivity index (χ3n) is 8.22. The zero-order valence-corrected chi connectivity index (χ0v) is 26.4. The Hall–Kier alpha value is -4.63. The van der Waals surface area contributed by atoms with E-state index in [-0.39, 0.29) is 41.3 Å². The number of carbonyl (C=O) groups excluding carboxylic acids is 3. The number of aliphatic hydroxyl groups excluding tert-OH is 1. The number of esters is 1. The highest BCUT2D eigenvalue weighted by atomic mass is 16.5. The van der Waals surface area contributed by atoms with Crippen LogP contribution in [0.4, 0.5) is 0 Å². The molecule has 1 aliphatic heterocycles. The number of methoxy groups -OCH3 is 1. The Balaban J connectivity index is 1.73. The van der Waals surface area contributed by atoms with E-state index in [9.17, 15) is 29.7 Å². The van der Waals surface area contributed by atoms with Crippen LogP contribution in [0.15, 0.2) is 66.7 Å². The SMILES string of the molecule is COc1ccc(C(CC(=O)N[C@@H](CO)Cc2ccccc2)c2c(O)cc3c(c2O)C(=O)O[C@@H](C)CCCC(=O)CCCC=C3)cc1. The Kier molecular flexibility index (Phi) is 12.4. The minimum absolute atomic E-state index is 0.00684. The van der Waals surface area contributed by atoms with Gasteiger partial charge >= 0.3 is 5.97 Å². The van der Waals surface area contributed by atoms with Gasteiger partial charge in [-0.3, -0.25) is 9.59 Å². The summed E-state index contributed by atoms with van der Waals surface area (Å²) in [4.78, 5) is 39.2. The van der Waals surface area contributed by atoms with Crippen molar-refractivity contribution in [2.75, 3.05) is 13.7 Å². The van der Waals surface area contributed by atoms with E-state index in [4.69, 9.17) is 9.47 Å². The molecule has 0 aromatic heterocycles. The van der Waals surface area contributed by atoms with Crippen LogP contribution in [0.3, 0.4) is 0 Å². The predicted molar refractivity (Wildman–Crippen MR) is 175 cm³/mol. The molecule has 0 saturated heterocycles. The average Bonchev–Trinajstić information content (AvgIpc) is 3.03. The maximum absolute atomic E-state index is 13.6. The second kappa shape index (κ2) is 16.6. The van der Waals surface area contributed by atoms with E-state index in [1.807, 2.05) is 30.3 Å². The first-order valence-electron chi connectivity index (χ1n) is 15.8. The lowest BCUT2D eigenvalue weighted by atomic mass is 9.84. The zero-order valence-electron chi connectivity index (χ0n) is 26.4. The van der Waals surface area contributed by atoms with E-state index < -0.39 is 35.7 Å². The molecule has 3 aromatic rings. The maximum Gasteiger partial charge on any atom is 0.342 e. The summed E-state index contributed by atoms with van der Waals surface area (Å²) in [6.07, 6.45) is 6.28. The minimum atomic E-state index is -0.874. The quantitative estimate of drug-likeness (QED) is 0.217. The number of rotatable bonds is 9. The van der Waals surface area contributed by atoms with Crippen molar-refractivity contribution < 1.29 is 39.2 Å². The van der Waals surface area contributed by atoms with Crippen molar-refractivity contribution in [1.29, 1.82) is 0 Å². The Morgan fingerprint density at radius 3 is 2.46 bits per heavy atom. The lowest BCUT2D eigenvalue weighted by Gasteiger charge is -2.24. The van der Waals surface area contributed by atoms with Crippen LogP contribution < -0.4 is 10.1 Å². The molecule has 1 amide bonds. The van der Waals surface area contributed by atoms with Crippen molar-refractivity contribution in [2.24, 2.45) is 0 Å². The molecule has 9 heteroatoms. The first-order chi connectivity index (χ1) is 22.2. The van der Waals surface area contributed by atoms with Gasteiger partial charge in [-0.25, -0.2) is 4.79 Å². The van der Waals surface area contributed by atoms with Crippen LogP contribution in [-0.4, -0.2) is 58.8 Å². The summed E-state index contributed by atoms with van der Waals surface area (Å²) in [5.41, 5.74) is 1.70.